The van der Waals surface area contributed by atoms with Gasteiger partial charge in [-0.2, -0.15) is 0 Å². The molecule has 0 aromatic rings. The summed E-state index contributed by atoms with van der Waals surface area (Å²) in [6.45, 7) is 6.63. The maximum absolute atomic E-state index is 11.0. The zero-order valence-electron chi connectivity index (χ0n) is 12.0. The summed E-state index contributed by atoms with van der Waals surface area (Å²) in [6, 6.07) is 0.421. The highest BCUT2D eigenvalue weighted by molar-refractivity contribution is 4.97. The average molecular weight is 254 g/mol. The molecule has 1 saturated carbocycles. The van der Waals surface area contributed by atoms with Crippen molar-refractivity contribution in [1.29, 1.82) is 0 Å². The van der Waals surface area contributed by atoms with Gasteiger partial charge in [-0.3, -0.25) is 4.90 Å². The Bertz CT molecular complexity index is 241. The lowest BCUT2D eigenvalue weighted by Gasteiger charge is -2.47. The zero-order chi connectivity index (χ0) is 12.8. The quantitative estimate of drug-likeness (QED) is 0.738. The van der Waals surface area contributed by atoms with E-state index < -0.39 is 5.60 Å². The Kier molecular flexibility index (Phi) is 5.46. The number of nitrogens with one attached hydrogen (secondary N) is 1. The third-order valence-electron chi connectivity index (χ3n) is 4.76. The summed E-state index contributed by atoms with van der Waals surface area (Å²) in [5, 5.41) is 14.5. The molecule has 3 heteroatoms. The van der Waals surface area contributed by atoms with Crippen molar-refractivity contribution < 1.29 is 5.11 Å². The van der Waals surface area contributed by atoms with Crippen LogP contribution in [-0.2, 0) is 0 Å². The van der Waals surface area contributed by atoms with Gasteiger partial charge in [0, 0.05) is 32.2 Å². The molecule has 1 heterocycles. The van der Waals surface area contributed by atoms with Crippen molar-refractivity contribution >= 4 is 0 Å². The molecule has 1 saturated heterocycles. The molecular formula is C15H30N2O. The van der Waals surface area contributed by atoms with Crippen LogP contribution in [0.25, 0.3) is 0 Å². The first-order chi connectivity index (χ1) is 8.76. The van der Waals surface area contributed by atoms with E-state index >= 15 is 0 Å². The SMILES string of the molecule is CCCCCC1(O)CCCCC1N1CCNCC1. The first kappa shape index (κ1) is 14.3. The number of hydrogen-bond donors (Lipinski definition) is 2. The van der Waals surface area contributed by atoms with E-state index in [9.17, 15) is 5.11 Å². The first-order valence-corrected chi connectivity index (χ1v) is 7.93. The fourth-order valence-electron chi connectivity index (χ4n) is 3.69. The van der Waals surface area contributed by atoms with Crippen molar-refractivity contribution in [3.8, 4) is 0 Å². The second kappa shape index (κ2) is 6.88. The monoisotopic (exact) mass is 254 g/mol. The van der Waals surface area contributed by atoms with E-state index in [2.05, 4.69) is 17.1 Å². The molecule has 0 spiro atoms. The number of piperazine rings is 1. The molecule has 0 radical (unpaired) electrons. The van der Waals surface area contributed by atoms with Gasteiger partial charge >= 0.3 is 0 Å². The second-order valence-corrected chi connectivity index (χ2v) is 6.11. The number of rotatable bonds is 5. The van der Waals surface area contributed by atoms with E-state index in [1.165, 1.54) is 38.5 Å². The maximum Gasteiger partial charge on any atom is 0.0802 e. The summed E-state index contributed by atoms with van der Waals surface area (Å²) in [6.07, 6.45) is 9.43. The summed E-state index contributed by atoms with van der Waals surface area (Å²) in [7, 11) is 0. The van der Waals surface area contributed by atoms with Crippen LogP contribution in [0.2, 0.25) is 0 Å². The van der Waals surface area contributed by atoms with Crippen LogP contribution in [0.15, 0.2) is 0 Å². The van der Waals surface area contributed by atoms with Gasteiger partial charge in [0.2, 0.25) is 0 Å². The van der Waals surface area contributed by atoms with Crippen LogP contribution in [0.4, 0.5) is 0 Å². The summed E-state index contributed by atoms with van der Waals surface area (Å²) >= 11 is 0. The molecule has 2 aliphatic rings. The molecule has 0 aromatic carbocycles. The molecule has 2 fully saturated rings. The summed E-state index contributed by atoms with van der Waals surface area (Å²) in [4.78, 5) is 2.54. The first-order valence-electron chi connectivity index (χ1n) is 7.93. The fraction of sp³-hybridized carbons (Fsp3) is 1.00. The Morgan fingerprint density at radius 2 is 2.00 bits per heavy atom. The summed E-state index contributed by atoms with van der Waals surface area (Å²) < 4.78 is 0. The molecule has 0 aromatic heterocycles. The van der Waals surface area contributed by atoms with Crippen LogP contribution in [0.5, 0.6) is 0 Å². The van der Waals surface area contributed by atoms with Crippen LogP contribution in [0.1, 0.15) is 58.3 Å². The molecule has 0 amide bonds. The predicted octanol–water partition coefficient (Wildman–Crippen LogP) is 2.15. The normalized spacial score (nSPS) is 34.7. The van der Waals surface area contributed by atoms with E-state index in [1.54, 1.807) is 0 Å². The van der Waals surface area contributed by atoms with E-state index in [-0.39, 0.29) is 0 Å². The highest BCUT2D eigenvalue weighted by Crippen LogP contribution is 2.36. The van der Waals surface area contributed by atoms with Crippen molar-refractivity contribution in [1.82, 2.24) is 10.2 Å². The van der Waals surface area contributed by atoms with Crippen LogP contribution >= 0.6 is 0 Å². The van der Waals surface area contributed by atoms with Crippen LogP contribution in [0, 0.1) is 0 Å². The van der Waals surface area contributed by atoms with Crippen molar-refractivity contribution in [2.24, 2.45) is 0 Å². The number of nitrogens with zero attached hydrogens (tertiary/aromatic N) is 1. The zero-order valence-corrected chi connectivity index (χ0v) is 12.0. The van der Waals surface area contributed by atoms with Gasteiger partial charge in [-0.25, -0.2) is 0 Å². The van der Waals surface area contributed by atoms with Gasteiger partial charge in [0.25, 0.3) is 0 Å². The van der Waals surface area contributed by atoms with E-state index in [0.717, 1.165) is 39.0 Å². The third kappa shape index (κ3) is 3.46. The van der Waals surface area contributed by atoms with E-state index in [0.29, 0.717) is 6.04 Å². The molecule has 0 bridgehead atoms. The molecule has 1 aliphatic heterocycles. The average Bonchev–Trinajstić information content (AvgIpc) is 2.40. The van der Waals surface area contributed by atoms with Crippen LogP contribution in [-0.4, -0.2) is 47.8 Å². The Morgan fingerprint density at radius 3 is 2.72 bits per heavy atom. The van der Waals surface area contributed by atoms with Gasteiger partial charge < -0.3 is 10.4 Å². The molecule has 2 rings (SSSR count). The smallest absolute Gasteiger partial charge is 0.0802 e. The third-order valence-corrected chi connectivity index (χ3v) is 4.76. The Balaban J connectivity index is 1.94. The van der Waals surface area contributed by atoms with Gasteiger partial charge in [0.15, 0.2) is 0 Å². The molecule has 2 unspecified atom stereocenters. The van der Waals surface area contributed by atoms with Gasteiger partial charge in [-0.1, -0.05) is 39.0 Å². The molecule has 2 atom stereocenters. The van der Waals surface area contributed by atoms with E-state index in [1.807, 2.05) is 0 Å². The predicted molar refractivity (Wildman–Crippen MR) is 75.8 cm³/mol. The standard InChI is InChI=1S/C15H30N2O/c1-2-3-5-8-15(18)9-6-4-7-14(15)17-12-10-16-11-13-17/h14,16,18H,2-13H2,1H3. The minimum absolute atomic E-state index is 0.398. The van der Waals surface area contributed by atoms with Gasteiger partial charge in [0.1, 0.15) is 0 Å². The lowest BCUT2D eigenvalue weighted by atomic mass is 9.76. The Morgan fingerprint density at radius 1 is 1.22 bits per heavy atom. The Hall–Kier alpha value is -0.120. The van der Waals surface area contributed by atoms with Crippen molar-refractivity contribution in [2.45, 2.75) is 69.9 Å². The lowest BCUT2D eigenvalue weighted by molar-refractivity contribution is -0.0830. The maximum atomic E-state index is 11.0. The van der Waals surface area contributed by atoms with Gasteiger partial charge in [-0.05, 0) is 19.3 Å². The Labute approximate surface area is 112 Å². The fourth-order valence-corrected chi connectivity index (χ4v) is 3.69. The number of hydrogen-bond acceptors (Lipinski definition) is 3. The number of unbranched alkanes of at least 4 members (excludes halogenated alkanes) is 2. The molecule has 18 heavy (non-hydrogen) atoms. The molecule has 1 aliphatic carbocycles. The highest BCUT2D eigenvalue weighted by atomic mass is 16.3. The largest absolute Gasteiger partial charge is 0.388 e. The summed E-state index contributed by atoms with van der Waals surface area (Å²) in [5.74, 6) is 0. The topological polar surface area (TPSA) is 35.5 Å². The van der Waals surface area contributed by atoms with Crippen LogP contribution < -0.4 is 5.32 Å². The van der Waals surface area contributed by atoms with Crippen molar-refractivity contribution in [3.05, 3.63) is 0 Å². The minimum Gasteiger partial charge on any atom is -0.388 e. The second-order valence-electron chi connectivity index (χ2n) is 6.11. The summed E-state index contributed by atoms with van der Waals surface area (Å²) in [5.41, 5.74) is -0.398. The van der Waals surface area contributed by atoms with Crippen molar-refractivity contribution in [2.75, 3.05) is 26.2 Å². The molecule has 3 nitrogen and oxygen atoms in total. The van der Waals surface area contributed by atoms with E-state index in [4.69, 9.17) is 0 Å². The van der Waals surface area contributed by atoms with Crippen LogP contribution in [0.3, 0.4) is 0 Å². The minimum atomic E-state index is -0.398. The molecule has 106 valence electrons. The molecule has 2 N–H and O–H groups in total. The number of aliphatic hydroxyl groups is 1. The van der Waals surface area contributed by atoms with Gasteiger partial charge in [-0.15, -0.1) is 0 Å². The molecular weight excluding hydrogens is 224 g/mol. The van der Waals surface area contributed by atoms with Gasteiger partial charge in [0.05, 0.1) is 5.60 Å². The van der Waals surface area contributed by atoms with Crippen molar-refractivity contribution in [3.63, 3.8) is 0 Å². The highest BCUT2D eigenvalue weighted by Gasteiger charge is 2.41. The lowest BCUT2D eigenvalue weighted by Crippen LogP contribution is -2.59.